The molecular weight excluding hydrogens is 220 g/mol. The van der Waals surface area contributed by atoms with Crippen LogP contribution in [0, 0.1) is 6.92 Å². The molecular formula is C12H16N2O3. The van der Waals surface area contributed by atoms with Crippen molar-refractivity contribution in [2.24, 2.45) is 0 Å². The van der Waals surface area contributed by atoms with Crippen LogP contribution in [0.15, 0.2) is 6.07 Å². The van der Waals surface area contributed by atoms with Crippen LogP contribution in [-0.2, 0) is 10.3 Å². The van der Waals surface area contributed by atoms with Gasteiger partial charge in [-0.25, -0.2) is 14.8 Å². The lowest BCUT2D eigenvalue weighted by atomic mass is 9.95. The van der Waals surface area contributed by atoms with E-state index in [2.05, 4.69) is 9.97 Å². The summed E-state index contributed by atoms with van der Waals surface area (Å²) in [7, 11) is 0. The van der Waals surface area contributed by atoms with Crippen molar-refractivity contribution in [1.29, 1.82) is 0 Å². The molecule has 1 unspecified atom stereocenters. The second kappa shape index (κ2) is 4.41. The van der Waals surface area contributed by atoms with E-state index in [4.69, 9.17) is 9.84 Å². The molecule has 0 aliphatic carbocycles. The third kappa shape index (κ3) is 2.44. The van der Waals surface area contributed by atoms with E-state index in [0.29, 0.717) is 18.1 Å². The minimum atomic E-state index is -1.03. The Hall–Kier alpha value is -1.49. The van der Waals surface area contributed by atoms with Crippen molar-refractivity contribution in [1.82, 2.24) is 9.97 Å². The van der Waals surface area contributed by atoms with Crippen LogP contribution in [0.4, 0.5) is 0 Å². The predicted octanol–water partition coefficient (Wildman–Crippen LogP) is 1.90. The van der Waals surface area contributed by atoms with Crippen molar-refractivity contribution in [2.75, 3.05) is 6.61 Å². The van der Waals surface area contributed by atoms with Gasteiger partial charge in [0.15, 0.2) is 11.5 Å². The summed E-state index contributed by atoms with van der Waals surface area (Å²) in [6, 6.07) is 1.47. The summed E-state index contributed by atoms with van der Waals surface area (Å²) in [4.78, 5) is 19.4. The average molecular weight is 236 g/mol. The minimum Gasteiger partial charge on any atom is -0.477 e. The maximum atomic E-state index is 11.0. The Morgan fingerprint density at radius 2 is 2.24 bits per heavy atom. The Morgan fingerprint density at radius 3 is 2.82 bits per heavy atom. The lowest BCUT2D eigenvalue weighted by Gasteiger charge is -2.32. The average Bonchev–Trinajstić information content (AvgIpc) is 2.29. The van der Waals surface area contributed by atoms with E-state index in [1.807, 2.05) is 6.92 Å². The maximum absolute atomic E-state index is 11.0. The van der Waals surface area contributed by atoms with E-state index in [1.165, 1.54) is 6.07 Å². The Labute approximate surface area is 99.9 Å². The molecule has 5 heteroatoms. The quantitative estimate of drug-likeness (QED) is 0.849. The molecule has 5 nitrogen and oxygen atoms in total. The van der Waals surface area contributed by atoms with E-state index < -0.39 is 11.6 Å². The molecule has 1 aliphatic heterocycles. The summed E-state index contributed by atoms with van der Waals surface area (Å²) in [5.41, 5.74) is 0.139. The lowest BCUT2D eigenvalue weighted by Crippen LogP contribution is -2.33. The van der Waals surface area contributed by atoms with Crippen LogP contribution in [0.25, 0.3) is 0 Å². The Bertz CT molecular complexity index is 439. The highest BCUT2D eigenvalue weighted by molar-refractivity contribution is 5.85. The molecule has 1 N–H and O–H groups in total. The number of aromatic nitrogens is 2. The molecule has 0 radical (unpaired) electrons. The van der Waals surface area contributed by atoms with Gasteiger partial charge in [0.1, 0.15) is 5.60 Å². The number of aromatic carboxylic acids is 1. The SMILES string of the molecule is Cc1cc(C(=O)O)nc(C2(C)CCCCO2)n1. The van der Waals surface area contributed by atoms with E-state index in [-0.39, 0.29) is 5.69 Å². The summed E-state index contributed by atoms with van der Waals surface area (Å²) >= 11 is 0. The van der Waals surface area contributed by atoms with Crippen LogP contribution < -0.4 is 0 Å². The second-order valence-electron chi connectivity index (χ2n) is 4.56. The van der Waals surface area contributed by atoms with E-state index in [9.17, 15) is 4.79 Å². The highest BCUT2D eigenvalue weighted by Gasteiger charge is 2.33. The van der Waals surface area contributed by atoms with Crippen LogP contribution in [0.5, 0.6) is 0 Å². The molecule has 2 heterocycles. The van der Waals surface area contributed by atoms with Gasteiger partial charge in [0.25, 0.3) is 0 Å². The number of ether oxygens (including phenoxy) is 1. The summed E-state index contributed by atoms with van der Waals surface area (Å²) in [6.45, 7) is 4.37. The zero-order valence-electron chi connectivity index (χ0n) is 10.1. The number of hydrogen-bond donors (Lipinski definition) is 1. The Morgan fingerprint density at radius 1 is 1.47 bits per heavy atom. The number of carboxylic acid groups (broad SMARTS) is 1. The topological polar surface area (TPSA) is 72.3 Å². The molecule has 1 atom stereocenters. The fraction of sp³-hybridized carbons (Fsp3) is 0.583. The largest absolute Gasteiger partial charge is 0.477 e. The predicted molar refractivity (Wildman–Crippen MR) is 60.9 cm³/mol. The lowest BCUT2D eigenvalue weighted by molar-refractivity contribution is -0.0762. The van der Waals surface area contributed by atoms with Gasteiger partial charge >= 0.3 is 5.97 Å². The molecule has 1 aromatic heterocycles. The highest BCUT2D eigenvalue weighted by Crippen LogP contribution is 2.32. The molecule has 0 spiro atoms. The first-order chi connectivity index (χ1) is 8.01. The van der Waals surface area contributed by atoms with Crippen molar-refractivity contribution >= 4 is 5.97 Å². The molecule has 1 fully saturated rings. The normalized spacial score (nSPS) is 24.6. The molecule has 1 saturated heterocycles. The second-order valence-corrected chi connectivity index (χ2v) is 4.56. The molecule has 1 aliphatic rings. The maximum Gasteiger partial charge on any atom is 0.354 e. The fourth-order valence-corrected chi connectivity index (χ4v) is 2.02. The van der Waals surface area contributed by atoms with E-state index in [1.54, 1.807) is 6.92 Å². The van der Waals surface area contributed by atoms with Gasteiger partial charge < -0.3 is 9.84 Å². The van der Waals surface area contributed by atoms with Crippen LogP contribution in [0.2, 0.25) is 0 Å². The number of nitrogens with zero attached hydrogens (tertiary/aromatic N) is 2. The van der Waals surface area contributed by atoms with Crippen molar-refractivity contribution in [3.63, 3.8) is 0 Å². The molecule has 0 saturated carbocycles. The number of hydrogen-bond acceptors (Lipinski definition) is 4. The zero-order chi connectivity index (χ0) is 12.5. The van der Waals surface area contributed by atoms with E-state index in [0.717, 1.165) is 19.3 Å². The van der Waals surface area contributed by atoms with Gasteiger partial charge in [0.05, 0.1) is 0 Å². The highest BCUT2D eigenvalue weighted by atomic mass is 16.5. The van der Waals surface area contributed by atoms with Gasteiger partial charge in [-0.1, -0.05) is 0 Å². The third-order valence-corrected chi connectivity index (χ3v) is 3.02. The van der Waals surface area contributed by atoms with Crippen LogP contribution >= 0.6 is 0 Å². The van der Waals surface area contributed by atoms with Crippen molar-refractivity contribution in [3.8, 4) is 0 Å². The van der Waals surface area contributed by atoms with Gasteiger partial charge in [-0.05, 0) is 39.2 Å². The zero-order valence-corrected chi connectivity index (χ0v) is 10.1. The first kappa shape index (κ1) is 12.0. The van der Waals surface area contributed by atoms with Gasteiger partial charge in [-0.2, -0.15) is 0 Å². The monoisotopic (exact) mass is 236 g/mol. The first-order valence-corrected chi connectivity index (χ1v) is 5.75. The summed E-state index contributed by atoms with van der Waals surface area (Å²) in [5.74, 6) is -0.550. The van der Waals surface area contributed by atoms with Crippen LogP contribution in [0.3, 0.4) is 0 Å². The molecule has 1 aromatic rings. The Kier molecular flexibility index (Phi) is 3.11. The molecule has 2 rings (SSSR count). The standard InChI is InChI=1S/C12H16N2O3/c1-8-7-9(10(15)16)14-11(13-8)12(2)5-3-4-6-17-12/h7H,3-6H2,1-2H3,(H,15,16). The van der Waals surface area contributed by atoms with Crippen molar-refractivity contribution in [3.05, 3.63) is 23.3 Å². The van der Waals surface area contributed by atoms with E-state index >= 15 is 0 Å². The number of aryl methyl sites for hydroxylation is 1. The fourth-order valence-electron chi connectivity index (χ4n) is 2.02. The molecule has 17 heavy (non-hydrogen) atoms. The van der Waals surface area contributed by atoms with Crippen LogP contribution in [0.1, 0.15) is 48.2 Å². The number of rotatable bonds is 2. The molecule has 92 valence electrons. The molecule has 0 aromatic carbocycles. The van der Waals surface area contributed by atoms with Crippen molar-refractivity contribution in [2.45, 2.75) is 38.7 Å². The van der Waals surface area contributed by atoms with Gasteiger partial charge in [-0.3, -0.25) is 0 Å². The molecule has 0 amide bonds. The summed E-state index contributed by atoms with van der Waals surface area (Å²) < 4.78 is 5.72. The minimum absolute atomic E-state index is 0.0305. The third-order valence-electron chi connectivity index (χ3n) is 3.02. The van der Waals surface area contributed by atoms with Gasteiger partial charge in [0, 0.05) is 12.3 Å². The number of carboxylic acids is 1. The smallest absolute Gasteiger partial charge is 0.354 e. The van der Waals surface area contributed by atoms with Gasteiger partial charge in [0.2, 0.25) is 0 Å². The Balaban J connectivity index is 2.40. The summed E-state index contributed by atoms with van der Waals surface area (Å²) in [6.07, 6.45) is 2.92. The number of carbonyl (C=O) groups is 1. The van der Waals surface area contributed by atoms with Crippen LogP contribution in [-0.4, -0.2) is 27.7 Å². The van der Waals surface area contributed by atoms with Crippen molar-refractivity contribution < 1.29 is 14.6 Å². The molecule has 0 bridgehead atoms. The summed E-state index contributed by atoms with van der Waals surface area (Å²) in [5, 5.41) is 8.98. The first-order valence-electron chi connectivity index (χ1n) is 5.75. The van der Waals surface area contributed by atoms with Gasteiger partial charge in [-0.15, -0.1) is 0 Å².